The molecule has 2 aromatic rings. The quantitative estimate of drug-likeness (QED) is 0.658. The summed E-state index contributed by atoms with van der Waals surface area (Å²) in [6, 6.07) is 12.1. The number of carbonyl (C=O) groups is 3. The summed E-state index contributed by atoms with van der Waals surface area (Å²) < 4.78 is 10.6. The van der Waals surface area contributed by atoms with Gasteiger partial charge in [-0.3, -0.25) is 14.4 Å². The monoisotopic (exact) mass is 409 g/mol. The minimum Gasteiger partial charge on any atom is -0.454 e. The van der Waals surface area contributed by atoms with Gasteiger partial charge in [-0.1, -0.05) is 31.0 Å². The van der Waals surface area contributed by atoms with E-state index in [-0.39, 0.29) is 25.3 Å². The lowest BCUT2D eigenvalue weighted by atomic mass is 10.1. The number of rotatable bonds is 5. The molecule has 2 aliphatic rings. The molecule has 0 radical (unpaired) electrons. The predicted octanol–water partition coefficient (Wildman–Crippen LogP) is 2.34. The van der Waals surface area contributed by atoms with Crippen LogP contribution in [0.3, 0.4) is 0 Å². The highest BCUT2D eigenvalue weighted by Crippen LogP contribution is 2.32. The van der Waals surface area contributed by atoms with Crippen LogP contribution in [0.15, 0.2) is 42.5 Å². The molecule has 2 aromatic carbocycles. The molecule has 0 spiro atoms. The molecule has 1 aliphatic heterocycles. The molecule has 0 bridgehead atoms. The number of anilines is 1. The normalized spacial score (nSPS) is 14.9. The van der Waals surface area contributed by atoms with E-state index in [9.17, 15) is 14.4 Å². The van der Waals surface area contributed by atoms with Crippen LogP contribution < -0.4 is 25.4 Å². The van der Waals surface area contributed by atoms with Crippen LogP contribution in [0.2, 0.25) is 0 Å². The first-order valence-corrected chi connectivity index (χ1v) is 9.98. The molecule has 0 saturated heterocycles. The number of amides is 3. The molecular formula is C22H23N3O5. The summed E-state index contributed by atoms with van der Waals surface area (Å²) in [5, 5.41) is 8.10. The Kier molecular flexibility index (Phi) is 5.83. The fraction of sp³-hybridized carbons (Fsp3) is 0.318. The van der Waals surface area contributed by atoms with E-state index in [2.05, 4.69) is 16.0 Å². The average Bonchev–Trinajstić information content (AvgIpc) is 3.43. The lowest BCUT2D eigenvalue weighted by molar-refractivity contribution is -0.136. The first-order chi connectivity index (χ1) is 14.6. The summed E-state index contributed by atoms with van der Waals surface area (Å²) in [7, 11) is 0. The van der Waals surface area contributed by atoms with E-state index in [0.29, 0.717) is 22.7 Å². The molecule has 3 N–H and O–H groups in total. The van der Waals surface area contributed by atoms with Crippen LogP contribution >= 0.6 is 0 Å². The van der Waals surface area contributed by atoms with Gasteiger partial charge in [-0.25, -0.2) is 0 Å². The maximum atomic E-state index is 12.6. The van der Waals surface area contributed by atoms with Crippen LogP contribution in [0.1, 0.15) is 41.6 Å². The first-order valence-electron chi connectivity index (χ1n) is 9.98. The molecule has 30 heavy (non-hydrogen) atoms. The molecule has 1 fully saturated rings. The molecule has 8 nitrogen and oxygen atoms in total. The highest BCUT2D eigenvalue weighted by molar-refractivity contribution is 6.40. The van der Waals surface area contributed by atoms with Gasteiger partial charge in [0.1, 0.15) is 0 Å². The van der Waals surface area contributed by atoms with Crippen molar-refractivity contribution in [3.63, 3.8) is 0 Å². The van der Waals surface area contributed by atoms with Crippen LogP contribution in [0, 0.1) is 0 Å². The van der Waals surface area contributed by atoms with Crippen LogP contribution in [0.5, 0.6) is 11.5 Å². The lowest BCUT2D eigenvalue weighted by Crippen LogP contribution is -2.36. The van der Waals surface area contributed by atoms with E-state index < -0.39 is 11.8 Å². The Hall–Kier alpha value is -3.55. The second-order valence-electron chi connectivity index (χ2n) is 7.32. The number of fused-ring (bicyclic) bond motifs is 1. The van der Waals surface area contributed by atoms with Crippen LogP contribution in [-0.2, 0) is 16.1 Å². The van der Waals surface area contributed by atoms with Crippen molar-refractivity contribution in [3.8, 4) is 11.5 Å². The fourth-order valence-corrected chi connectivity index (χ4v) is 3.62. The smallest absolute Gasteiger partial charge is 0.313 e. The minimum absolute atomic E-state index is 0.159. The molecule has 156 valence electrons. The molecule has 3 amide bonds. The molecule has 1 saturated carbocycles. The Morgan fingerprint density at radius 1 is 0.933 bits per heavy atom. The van der Waals surface area contributed by atoms with Crippen molar-refractivity contribution in [2.75, 3.05) is 12.1 Å². The van der Waals surface area contributed by atoms with E-state index in [1.807, 2.05) is 0 Å². The number of ether oxygens (including phenoxy) is 2. The van der Waals surface area contributed by atoms with E-state index in [0.717, 1.165) is 31.2 Å². The summed E-state index contributed by atoms with van der Waals surface area (Å²) in [6.07, 6.45) is 4.13. The lowest BCUT2D eigenvalue weighted by Gasteiger charge is -2.15. The average molecular weight is 409 g/mol. The van der Waals surface area contributed by atoms with Gasteiger partial charge in [0.05, 0.1) is 11.3 Å². The first kappa shape index (κ1) is 19.8. The van der Waals surface area contributed by atoms with Gasteiger partial charge in [-0.2, -0.15) is 0 Å². The zero-order valence-corrected chi connectivity index (χ0v) is 16.4. The van der Waals surface area contributed by atoms with E-state index in [1.54, 1.807) is 42.5 Å². The molecule has 8 heteroatoms. The summed E-state index contributed by atoms with van der Waals surface area (Å²) in [5.74, 6) is -0.627. The summed E-state index contributed by atoms with van der Waals surface area (Å²) in [5.41, 5.74) is 1.41. The number of nitrogens with one attached hydrogen (secondary N) is 3. The van der Waals surface area contributed by atoms with Gasteiger partial charge >= 0.3 is 11.8 Å². The Morgan fingerprint density at radius 2 is 1.70 bits per heavy atom. The number of benzene rings is 2. The SMILES string of the molecule is O=C(NCc1ccc2c(c1)OCO2)C(=O)Nc1ccccc1C(=O)NC1CCCC1. The van der Waals surface area contributed by atoms with Crippen LogP contribution in [0.25, 0.3) is 0 Å². The number of hydrogen-bond acceptors (Lipinski definition) is 5. The van der Waals surface area contributed by atoms with Crippen molar-refractivity contribution in [3.05, 3.63) is 53.6 Å². The molecule has 4 rings (SSSR count). The molecular weight excluding hydrogens is 386 g/mol. The van der Waals surface area contributed by atoms with E-state index in [4.69, 9.17) is 9.47 Å². The van der Waals surface area contributed by atoms with Crippen LogP contribution in [0.4, 0.5) is 5.69 Å². The van der Waals surface area contributed by atoms with Crippen molar-refractivity contribution in [1.29, 1.82) is 0 Å². The maximum absolute atomic E-state index is 12.6. The highest BCUT2D eigenvalue weighted by atomic mass is 16.7. The summed E-state index contributed by atoms with van der Waals surface area (Å²) in [6.45, 7) is 0.327. The van der Waals surface area contributed by atoms with Gasteiger partial charge in [-0.15, -0.1) is 0 Å². The van der Waals surface area contributed by atoms with Crippen LogP contribution in [-0.4, -0.2) is 30.6 Å². The van der Waals surface area contributed by atoms with E-state index >= 15 is 0 Å². The second-order valence-corrected chi connectivity index (χ2v) is 7.32. The van der Waals surface area contributed by atoms with Crippen molar-refractivity contribution in [2.24, 2.45) is 0 Å². The third-order valence-electron chi connectivity index (χ3n) is 5.21. The minimum atomic E-state index is -0.836. The third kappa shape index (κ3) is 4.53. The highest BCUT2D eigenvalue weighted by Gasteiger charge is 2.22. The van der Waals surface area contributed by atoms with Gasteiger partial charge in [0.25, 0.3) is 5.91 Å². The third-order valence-corrected chi connectivity index (χ3v) is 5.21. The summed E-state index contributed by atoms with van der Waals surface area (Å²) in [4.78, 5) is 37.2. The molecule has 0 unspecified atom stereocenters. The van der Waals surface area contributed by atoms with Gasteiger partial charge in [-0.05, 0) is 42.7 Å². The molecule has 1 heterocycles. The number of para-hydroxylation sites is 1. The number of hydrogen-bond donors (Lipinski definition) is 3. The Bertz CT molecular complexity index is 969. The summed E-state index contributed by atoms with van der Waals surface area (Å²) >= 11 is 0. The van der Waals surface area contributed by atoms with E-state index in [1.165, 1.54) is 0 Å². The second kappa shape index (κ2) is 8.86. The Labute approximate surface area is 173 Å². The predicted molar refractivity (Wildman–Crippen MR) is 109 cm³/mol. The Morgan fingerprint density at radius 3 is 2.53 bits per heavy atom. The topological polar surface area (TPSA) is 106 Å². The van der Waals surface area contributed by atoms with Gasteiger partial charge in [0.2, 0.25) is 6.79 Å². The largest absolute Gasteiger partial charge is 0.454 e. The fourth-order valence-electron chi connectivity index (χ4n) is 3.62. The van der Waals surface area contributed by atoms with Crippen molar-refractivity contribution < 1.29 is 23.9 Å². The Balaban J connectivity index is 1.35. The maximum Gasteiger partial charge on any atom is 0.313 e. The molecule has 0 aromatic heterocycles. The van der Waals surface area contributed by atoms with Crippen molar-refractivity contribution >= 4 is 23.4 Å². The molecule has 1 aliphatic carbocycles. The van der Waals surface area contributed by atoms with Gasteiger partial charge in [0.15, 0.2) is 11.5 Å². The zero-order chi connectivity index (χ0) is 20.9. The van der Waals surface area contributed by atoms with Gasteiger partial charge in [0, 0.05) is 12.6 Å². The zero-order valence-electron chi connectivity index (χ0n) is 16.4. The standard InChI is InChI=1S/C22H23N3O5/c26-20(24-15-5-1-2-6-15)16-7-3-4-8-17(16)25-22(28)21(27)23-12-14-9-10-18-19(11-14)30-13-29-18/h3-4,7-11,15H,1-2,5-6,12-13H2,(H,23,27)(H,24,26)(H,25,28). The number of carbonyl (C=O) groups excluding carboxylic acids is 3. The van der Waals surface area contributed by atoms with Gasteiger partial charge < -0.3 is 25.4 Å². The molecule has 0 atom stereocenters. The van der Waals surface area contributed by atoms with Crippen molar-refractivity contribution in [1.82, 2.24) is 10.6 Å². The van der Waals surface area contributed by atoms with Crippen molar-refractivity contribution in [2.45, 2.75) is 38.3 Å².